The minimum Gasteiger partial charge on any atom is -0.308 e. The lowest BCUT2D eigenvalue weighted by molar-refractivity contribution is -0.138. The number of carbonyl (C=O) groups is 1. The van der Waals surface area contributed by atoms with Gasteiger partial charge in [-0.25, -0.2) is 4.79 Å². The molecule has 1 fully saturated rings. The molecule has 188 valence electrons. The molecule has 1 saturated heterocycles. The average molecular weight is 498 g/mol. The second-order valence-electron chi connectivity index (χ2n) is 8.56. The number of amides is 2. The first-order valence-corrected chi connectivity index (χ1v) is 11.3. The van der Waals surface area contributed by atoms with Crippen LogP contribution in [0.15, 0.2) is 48.8 Å². The standard InChI is InChI=1S/C25H26F3N7O/c1-33-10-12-35(13-11-33)17-19-6-7-20(14-22(19)25(26,27)28)30-24(36)31-23-15-21(34(2)32-23)8-5-18-4-3-9-29-16-18/h3-4,6-7,9,14-16H,10-13,17H2,1-2H3,(H2,30,31,32,36). The van der Waals surface area contributed by atoms with E-state index in [0.29, 0.717) is 18.8 Å². The van der Waals surface area contributed by atoms with Crippen molar-refractivity contribution in [2.24, 2.45) is 7.05 Å². The molecule has 0 unspecified atom stereocenters. The summed E-state index contributed by atoms with van der Waals surface area (Å²) in [4.78, 5) is 20.6. The summed E-state index contributed by atoms with van der Waals surface area (Å²) in [5, 5.41) is 9.18. The number of hydrogen-bond acceptors (Lipinski definition) is 5. The van der Waals surface area contributed by atoms with Crippen LogP contribution < -0.4 is 10.6 Å². The first kappa shape index (κ1) is 25.2. The number of alkyl halides is 3. The Balaban J connectivity index is 1.43. The van der Waals surface area contributed by atoms with Gasteiger partial charge in [-0.2, -0.15) is 18.3 Å². The molecule has 3 heterocycles. The van der Waals surface area contributed by atoms with E-state index in [1.165, 1.54) is 16.8 Å². The van der Waals surface area contributed by atoms with E-state index in [9.17, 15) is 18.0 Å². The molecule has 0 atom stereocenters. The number of halogens is 3. The number of pyridine rings is 1. The summed E-state index contributed by atoms with van der Waals surface area (Å²) >= 11 is 0. The van der Waals surface area contributed by atoms with Crippen molar-refractivity contribution in [3.05, 3.63) is 71.2 Å². The number of anilines is 2. The minimum atomic E-state index is -4.54. The highest BCUT2D eigenvalue weighted by Crippen LogP contribution is 2.34. The fourth-order valence-corrected chi connectivity index (χ4v) is 3.80. The molecule has 36 heavy (non-hydrogen) atoms. The van der Waals surface area contributed by atoms with Crippen LogP contribution in [0.3, 0.4) is 0 Å². The van der Waals surface area contributed by atoms with Gasteiger partial charge < -0.3 is 10.2 Å². The number of aryl methyl sites for hydroxylation is 1. The summed E-state index contributed by atoms with van der Waals surface area (Å²) in [5.41, 5.74) is 0.725. The molecule has 3 aromatic rings. The Labute approximate surface area is 207 Å². The largest absolute Gasteiger partial charge is 0.416 e. The van der Waals surface area contributed by atoms with Gasteiger partial charge in [0.05, 0.1) is 5.56 Å². The van der Waals surface area contributed by atoms with Crippen molar-refractivity contribution < 1.29 is 18.0 Å². The van der Waals surface area contributed by atoms with Crippen LogP contribution in [0.5, 0.6) is 0 Å². The van der Waals surface area contributed by atoms with Crippen LogP contribution in [0.1, 0.15) is 22.4 Å². The molecule has 2 amide bonds. The minimum absolute atomic E-state index is 0.0366. The molecular formula is C25H26F3N7O. The summed E-state index contributed by atoms with van der Waals surface area (Å²) in [6, 6.07) is 8.31. The molecule has 8 nitrogen and oxygen atoms in total. The molecule has 0 spiro atoms. The highest BCUT2D eigenvalue weighted by atomic mass is 19.4. The number of carbonyl (C=O) groups excluding carboxylic acids is 1. The topological polar surface area (TPSA) is 78.3 Å². The fourth-order valence-electron chi connectivity index (χ4n) is 3.80. The average Bonchev–Trinajstić information content (AvgIpc) is 3.18. The zero-order chi connectivity index (χ0) is 25.7. The van der Waals surface area contributed by atoms with Gasteiger partial charge in [0, 0.05) is 69.5 Å². The number of aromatic nitrogens is 3. The first-order chi connectivity index (χ1) is 17.2. The molecule has 1 aromatic carbocycles. The Hall–Kier alpha value is -3.88. The summed E-state index contributed by atoms with van der Waals surface area (Å²) < 4.78 is 42.9. The van der Waals surface area contributed by atoms with Crippen molar-refractivity contribution >= 4 is 17.5 Å². The second-order valence-corrected chi connectivity index (χ2v) is 8.56. The second kappa shape index (κ2) is 10.8. The normalized spacial score (nSPS) is 14.7. The monoisotopic (exact) mass is 497 g/mol. The third-order valence-corrected chi connectivity index (χ3v) is 5.78. The van der Waals surface area contributed by atoms with E-state index in [-0.39, 0.29) is 23.6 Å². The Morgan fingerprint density at radius 2 is 1.83 bits per heavy atom. The molecule has 4 rings (SSSR count). The summed E-state index contributed by atoms with van der Waals surface area (Å²) in [5.74, 6) is 6.11. The zero-order valence-corrected chi connectivity index (χ0v) is 19.9. The molecule has 0 saturated carbocycles. The Morgan fingerprint density at radius 3 is 2.53 bits per heavy atom. The van der Waals surface area contributed by atoms with Crippen LogP contribution in [0.2, 0.25) is 0 Å². The summed E-state index contributed by atoms with van der Waals surface area (Å²) in [6.07, 6.45) is -1.27. The highest BCUT2D eigenvalue weighted by molar-refractivity contribution is 5.99. The quantitative estimate of drug-likeness (QED) is 0.539. The fraction of sp³-hybridized carbons (Fsp3) is 0.320. The lowest BCUT2D eigenvalue weighted by Gasteiger charge is -2.33. The molecule has 1 aliphatic heterocycles. The molecule has 2 aromatic heterocycles. The van der Waals surface area contributed by atoms with Gasteiger partial charge in [-0.15, -0.1) is 0 Å². The first-order valence-electron chi connectivity index (χ1n) is 11.3. The van der Waals surface area contributed by atoms with Gasteiger partial charge in [-0.1, -0.05) is 12.0 Å². The smallest absolute Gasteiger partial charge is 0.308 e. The lowest BCUT2D eigenvalue weighted by atomic mass is 10.0. The van der Waals surface area contributed by atoms with E-state index in [1.807, 2.05) is 18.0 Å². The maximum absolute atomic E-state index is 13.8. The van der Waals surface area contributed by atoms with Crippen LogP contribution >= 0.6 is 0 Å². The number of hydrogen-bond donors (Lipinski definition) is 2. The number of rotatable bonds is 4. The zero-order valence-electron chi connectivity index (χ0n) is 19.9. The van der Waals surface area contributed by atoms with Crippen molar-refractivity contribution in [1.82, 2.24) is 24.6 Å². The van der Waals surface area contributed by atoms with Gasteiger partial charge >= 0.3 is 12.2 Å². The van der Waals surface area contributed by atoms with E-state index in [0.717, 1.165) is 24.7 Å². The number of likely N-dealkylation sites (N-methyl/N-ethyl adjacent to an activating group) is 1. The predicted molar refractivity (Wildman–Crippen MR) is 130 cm³/mol. The van der Waals surface area contributed by atoms with Crippen molar-refractivity contribution in [3.8, 4) is 11.8 Å². The number of urea groups is 1. The van der Waals surface area contributed by atoms with Crippen molar-refractivity contribution in [2.75, 3.05) is 43.9 Å². The SMILES string of the molecule is CN1CCN(Cc2ccc(NC(=O)Nc3cc(C#Cc4cccnc4)n(C)n3)cc2C(F)(F)F)CC1. The van der Waals surface area contributed by atoms with Crippen LogP contribution in [-0.2, 0) is 19.8 Å². The molecule has 0 aliphatic carbocycles. The molecular weight excluding hydrogens is 471 g/mol. The predicted octanol–water partition coefficient (Wildman–Crippen LogP) is 3.63. The van der Waals surface area contributed by atoms with Gasteiger partial charge in [0.25, 0.3) is 0 Å². The lowest BCUT2D eigenvalue weighted by Crippen LogP contribution is -2.44. The van der Waals surface area contributed by atoms with Crippen LogP contribution in [0, 0.1) is 11.8 Å². The number of nitrogens with zero attached hydrogens (tertiary/aromatic N) is 5. The van der Waals surface area contributed by atoms with Crippen LogP contribution in [0.25, 0.3) is 0 Å². The van der Waals surface area contributed by atoms with E-state index < -0.39 is 17.8 Å². The van der Waals surface area contributed by atoms with Crippen molar-refractivity contribution in [1.29, 1.82) is 0 Å². The number of benzene rings is 1. The molecule has 0 bridgehead atoms. The Kier molecular flexibility index (Phi) is 7.57. The number of nitrogens with one attached hydrogen (secondary N) is 2. The van der Waals surface area contributed by atoms with Crippen LogP contribution in [0.4, 0.5) is 29.5 Å². The summed E-state index contributed by atoms with van der Waals surface area (Å²) in [7, 11) is 3.66. The van der Waals surface area contributed by atoms with Crippen molar-refractivity contribution in [3.63, 3.8) is 0 Å². The van der Waals surface area contributed by atoms with E-state index >= 15 is 0 Å². The molecule has 1 aliphatic rings. The molecule has 2 N–H and O–H groups in total. The highest BCUT2D eigenvalue weighted by Gasteiger charge is 2.34. The van der Waals surface area contributed by atoms with E-state index in [4.69, 9.17) is 0 Å². The van der Waals surface area contributed by atoms with Gasteiger partial charge in [-0.3, -0.25) is 19.9 Å². The van der Waals surface area contributed by atoms with Crippen molar-refractivity contribution in [2.45, 2.75) is 12.7 Å². The Morgan fingerprint density at radius 1 is 1.06 bits per heavy atom. The van der Waals surface area contributed by atoms with E-state index in [1.54, 1.807) is 31.6 Å². The molecule has 0 radical (unpaired) electrons. The third kappa shape index (κ3) is 6.62. The van der Waals surface area contributed by atoms with Gasteiger partial charge in [0.1, 0.15) is 5.69 Å². The van der Waals surface area contributed by atoms with Gasteiger partial charge in [0.2, 0.25) is 0 Å². The Bertz CT molecular complexity index is 1270. The van der Waals surface area contributed by atoms with Gasteiger partial charge in [-0.05, 0) is 42.8 Å². The maximum atomic E-state index is 13.8. The van der Waals surface area contributed by atoms with Gasteiger partial charge in [0.15, 0.2) is 5.82 Å². The van der Waals surface area contributed by atoms with Crippen LogP contribution in [-0.4, -0.2) is 63.8 Å². The third-order valence-electron chi connectivity index (χ3n) is 5.78. The summed E-state index contributed by atoms with van der Waals surface area (Å²) in [6.45, 7) is 3.23. The molecule has 11 heteroatoms. The number of piperazine rings is 1. The van der Waals surface area contributed by atoms with E-state index in [2.05, 4.69) is 37.5 Å². The maximum Gasteiger partial charge on any atom is 0.416 e.